The first-order chi connectivity index (χ1) is 18.1. The van der Waals surface area contributed by atoms with Crippen LogP contribution in [0, 0.1) is 5.82 Å². The first-order valence-corrected chi connectivity index (χ1v) is 13.1. The first kappa shape index (κ1) is 23.8. The Morgan fingerprint density at radius 3 is 2.54 bits per heavy atom. The Balaban J connectivity index is 1.28. The predicted molar refractivity (Wildman–Crippen MR) is 142 cm³/mol. The molecule has 0 amide bonds. The molecule has 192 valence electrons. The van der Waals surface area contributed by atoms with Gasteiger partial charge < -0.3 is 15.8 Å². The van der Waals surface area contributed by atoms with Crippen LogP contribution >= 0.6 is 0 Å². The maximum absolute atomic E-state index is 15.4. The third-order valence-corrected chi connectivity index (χ3v) is 7.62. The highest BCUT2D eigenvalue weighted by molar-refractivity contribution is 5.98. The molecule has 1 atom stereocenters. The maximum atomic E-state index is 15.4. The molecule has 0 radical (unpaired) electrons. The van der Waals surface area contributed by atoms with Gasteiger partial charge in [-0.1, -0.05) is 18.2 Å². The van der Waals surface area contributed by atoms with Crippen molar-refractivity contribution in [3.8, 4) is 22.8 Å². The number of ether oxygens (including phenoxy) is 1. The molecule has 0 unspecified atom stereocenters. The van der Waals surface area contributed by atoms with Gasteiger partial charge in [-0.3, -0.25) is 4.90 Å². The van der Waals surface area contributed by atoms with E-state index in [-0.39, 0.29) is 6.04 Å². The number of anilines is 1. The summed E-state index contributed by atoms with van der Waals surface area (Å²) < 4.78 is 23.2. The zero-order valence-electron chi connectivity index (χ0n) is 21.0. The molecule has 0 bridgehead atoms. The van der Waals surface area contributed by atoms with Gasteiger partial charge in [0.1, 0.15) is 35.2 Å². The van der Waals surface area contributed by atoms with Crippen LogP contribution < -0.4 is 15.8 Å². The standard InChI is InChI=1S/C28H32FN7O/c1-18-16-35(14-13-31-18)19-7-9-20(10-8-19)36-28-25(27(30)32-17-33-28)26(34-36)23-12-11-22(15-24(23)29)37-21-5-3-2-4-6-21/h2-6,11-12,15,17-20,31H,7-10,13-14,16H2,1H3,(H2,30,32,33)/t18-,19?,20?/m0/s1. The number of nitrogens with zero attached hydrogens (tertiary/aromatic N) is 5. The topological polar surface area (TPSA) is 94.1 Å². The largest absolute Gasteiger partial charge is 0.457 e. The highest BCUT2D eigenvalue weighted by Crippen LogP contribution is 2.38. The van der Waals surface area contributed by atoms with Crippen LogP contribution in [-0.4, -0.2) is 56.4 Å². The van der Waals surface area contributed by atoms with Crippen LogP contribution in [0.3, 0.4) is 0 Å². The lowest BCUT2D eigenvalue weighted by atomic mass is 9.89. The first-order valence-electron chi connectivity index (χ1n) is 13.1. The summed E-state index contributed by atoms with van der Waals surface area (Å²) in [5.41, 5.74) is 7.77. The van der Waals surface area contributed by atoms with Crippen molar-refractivity contribution < 1.29 is 9.13 Å². The number of fused-ring (bicyclic) bond motifs is 1. The number of aromatic nitrogens is 4. The second-order valence-electron chi connectivity index (χ2n) is 10.1. The highest BCUT2D eigenvalue weighted by Gasteiger charge is 2.31. The lowest BCUT2D eigenvalue weighted by Gasteiger charge is -2.41. The van der Waals surface area contributed by atoms with Crippen molar-refractivity contribution in [2.45, 2.75) is 50.7 Å². The van der Waals surface area contributed by atoms with Crippen molar-refractivity contribution in [1.29, 1.82) is 0 Å². The monoisotopic (exact) mass is 501 g/mol. The molecule has 8 nitrogen and oxygen atoms in total. The van der Waals surface area contributed by atoms with E-state index in [4.69, 9.17) is 15.6 Å². The van der Waals surface area contributed by atoms with Gasteiger partial charge in [0.15, 0.2) is 5.65 Å². The van der Waals surface area contributed by atoms with E-state index >= 15 is 4.39 Å². The van der Waals surface area contributed by atoms with Crippen LogP contribution in [0.15, 0.2) is 54.9 Å². The number of nitrogens with two attached hydrogens (primary N) is 1. The number of rotatable bonds is 5. The summed E-state index contributed by atoms with van der Waals surface area (Å²) in [6.45, 7) is 5.49. The van der Waals surface area contributed by atoms with Crippen molar-refractivity contribution in [1.82, 2.24) is 30.0 Å². The van der Waals surface area contributed by atoms with E-state index in [1.165, 1.54) is 12.4 Å². The smallest absolute Gasteiger partial charge is 0.164 e. The van der Waals surface area contributed by atoms with Gasteiger partial charge in [-0.25, -0.2) is 19.0 Å². The van der Waals surface area contributed by atoms with Gasteiger partial charge in [-0.05, 0) is 56.9 Å². The van der Waals surface area contributed by atoms with Gasteiger partial charge in [0, 0.05) is 43.3 Å². The molecule has 2 aromatic heterocycles. The molecular formula is C28H32FN7O. The van der Waals surface area contributed by atoms with Gasteiger partial charge in [0.25, 0.3) is 0 Å². The minimum atomic E-state index is -0.431. The zero-order chi connectivity index (χ0) is 25.4. The Bertz CT molecular complexity index is 1380. The van der Waals surface area contributed by atoms with Crippen molar-refractivity contribution in [3.63, 3.8) is 0 Å². The van der Waals surface area contributed by atoms with E-state index in [1.807, 2.05) is 35.0 Å². The van der Waals surface area contributed by atoms with Gasteiger partial charge in [-0.15, -0.1) is 0 Å². The molecule has 4 aromatic rings. The van der Waals surface area contributed by atoms with Crippen molar-refractivity contribution in [2.75, 3.05) is 25.4 Å². The summed E-state index contributed by atoms with van der Waals surface area (Å²) in [4.78, 5) is 11.3. The number of hydrogen-bond acceptors (Lipinski definition) is 7. The van der Waals surface area contributed by atoms with Crippen LogP contribution in [0.4, 0.5) is 10.2 Å². The van der Waals surface area contributed by atoms with E-state index in [1.54, 1.807) is 12.1 Å². The molecule has 1 aliphatic heterocycles. The number of halogens is 1. The normalized spacial score (nSPS) is 22.8. The number of nitrogen functional groups attached to an aromatic ring is 1. The summed E-state index contributed by atoms with van der Waals surface area (Å²) >= 11 is 0. The van der Waals surface area contributed by atoms with Crippen LogP contribution in [-0.2, 0) is 0 Å². The molecule has 0 spiro atoms. The minimum absolute atomic E-state index is 0.186. The Morgan fingerprint density at radius 2 is 1.78 bits per heavy atom. The van der Waals surface area contributed by atoms with E-state index in [0.29, 0.717) is 51.7 Å². The zero-order valence-corrected chi connectivity index (χ0v) is 21.0. The fourth-order valence-corrected chi connectivity index (χ4v) is 5.78. The second kappa shape index (κ2) is 10.1. The SMILES string of the molecule is C[C@H]1CN(C2CCC(n3nc(-c4ccc(Oc5ccccc5)cc4F)c4c(N)ncnc43)CC2)CCN1. The van der Waals surface area contributed by atoms with Gasteiger partial charge in [0.2, 0.25) is 0 Å². The maximum Gasteiger partial charge on any atom is 0.164 e. The van der Waals surface area contributed by atoms with Gasteiger partial charge in [0.05, 0.1) is 11.4 Å². The Kier molecular flexibility index (Phi) is 6.48. The number of piperazine rings is 1. The Morgan fingerprint density at radius 1 is 1.00 bits per heavy atom. The minimum Gasteiger partial charge on any atom is -0.457 e. The van der Waals surface area contributed by atoms with Crippen molar-refractivity contribution in [3.05, 3.63) is 60.7 Å². The average molecular weight is 502 g/mol. The van der Waals surface area contributed by atoms with E-state index in [9.17, 15) is 0 Å². The molecule has 6 rings (SSSR count). The Labute approximate surface area is 215 Å². The molecule has 1 aliphatic carbocycles. The van der Waals surface area contributed by atoms with E-state index < -0.39 is 5.82 Å². The lowest BCUT2D eigenvalue weighted by molar-refractivity contribution is 0.105. The fourth-order valence-electron chi connectivity index (χ4n) is 5.78. The van der Waals surface area contributed by atoms with Crippen molar-refractivity contribution >= 4 is 16.9 Å². The molecule has 9 heteroatoms. The average Bonchev–Trinajstić information content (AvgIpc) is 3.30. The lowest BCUT2D eigenvalue weighted by Crippen LogP contribution is -2.53. The molecule has 2 fully saturated rings. The quantitative estimate of drug-likeness (QED) is 0.406. The van der Waals surface area contributed by atoms with Gasteiger partial charge in [-0.2, -0.15) is 5.10 Å². The van der Waals surface area contributed by atoms with Crippen LogP contribution in [0.5, 0.6) is 11.5 Å². The second-order valence-corrected chi connectivity index (χ2v) is 10.1. The third kappa shape index (κ3) is 4.76. The summed E-state index contributed by atoms with van der Waals surface area (Å²) in [6, 6.07) is 15.4. The molecule has 2 aromatic carbocycles. The number of nitrogens with one attached hydrogen (secondary N) is 1. The Hall–Kier alpha value is -3.56. The number of hydrogen-bond donors (Lipinski definition) is 2. The number of para-hydroxylation sites is 1. The highest BCUT2D eigenvalue weighted by atomic mass is 19.1. The van der Waals surface area contributed by atoms with Crippen LogP contribution in [0.2, 0.25) is 0 Å². The fraction of sp³-hybridized carbons (Fsp3) is 0.393. The van der Waals surface area contributed by atoms with Crippen LogP contribution in [0.1, 0.15) is 38.6 Å². The molecule has 1 saturated carbocycles. The van der Waals surface area contributed by atoms with E-state index in [2.05, 4.69) is 27.1 Å². The molecule has 3 N–H and O–H groups in total. The summed E-state index contributed by atoms with van der Waals surface area (Å²) in [6.07, 6.45) is 5.66. The third-order valence-electron chi connectivity index (χ3n) is 7.62. The summed E-state index contributed by atoms with van der Waals surface area (Å²) in [5.74, 6) is 0.937. The summed E-state index contributed by atoms with van der Waals surface area (Å²) in [5, 5.41) is 9.02. The molecule has 3 heterocycles. The molecule has 1 saturated heterocycles. The van der Waals surface area contributed by atoms with Crippen molar-refractivity contribution in [2.24, 2.45) is 0 Å². The summed E-state index contributed by atoms with van der Waals surface area (Å²) in [7, 11) is 0. The molecular weight excluding hydrogens is 469 g/mol. The predicted octanol–water partition coefficient (Wildman–Crippen LogP) is 4.78. The molecule has 37 heavy (non-hydrogen) atoms. The molecule has 2 aliphatic rings. The number of benzene rings is 2. The van der Waals surface area contributed by atoms with Gasteiger partial charge >= 0.3 is 0 Å². The van der Waals surface area contributed by atoms with Crippen LogP contribution in [0.25, 0.3) is 22.3 Å². The van der Waals surface area contributed by atoms with E-state index in [0.717, 1.165) is 45.3 Å².